The summed E-state index contributed by atoms with van der Waals surface area (Å²) in [4.78, 5) is 9.25. The average Bonchev–Trinajstić information content (AvgIpc) is 3.20. The molecule has 7 heteroatoms. The number of thiophene rings is 2. The van der Waals surface area contributed by atoms with Gasteiger partial charge >= 0.3 is 0 Å². The summed E-state index contributed by atoms with van der Waals surface area (Å²) >= 11 is 3.52. The van der Waals surface area contributed by atoms with Gasteiger partial charge in [0.15, 0.2) is 5.82 Å². The first kappa shape index (κ1) is 14.4. The molecule has 0 radical (unpaired) electrons. The minimum Gasteiger partial charge on any atom is -0.338 e. The van der Waals surface area contributed by atoms with Crippen molar-refractivity contribution >= 4 is 22.7 Å². The molecule has 0 spiro atoms. The van der Waals surface area contributed by atoms with E-state index in [1.165, 1.54) is 9.75 Å². The van der Waals surface area contributed by atoms with Crippen LogP contribution < -0.4 is 5.73 Å². The molecule has 3 rings (SSSR count). The smallest absolute Gasteiger partial charge is 0.240 e. The molecule has 0 aromatic carbocycles. The van der Waals surface area contributed by atoms with E-state index in [9.17, 15) is 0 Å². The van der Waals surface area contributed by atoms with Gasteiger partial charge in [-0.2, -0.15) is 4.98 Å². The van der Waals surface area contributed by atoms with E-state index in [1.54, 1.807) is 22.7 Å². The highest BCUT2D eigenvalue weighted by molar-refractivity contribution is 7.10. The second-order valence-corrected chi connectivity index (χ2v) is 6.68. The largest absolute Gasteiger partial charge is 0.338 e. The van der Waals surface area contributed by atoms with Crippen molar-refractivity contribution in [2.45, 2.75) is 26.2 Å². The molecule has 0 bridgehead atoms. The molecule has 0 aliphatic carbocycles. The van der Waals surface area contributed by atoms with Crippen LogP contribution in [0.4, 0.5) is 0 Å². The van der Waals surface area contributed by atoms with Gasteiger partial charge in [-0.1, -0.05) is 17.3 Å². The first-order valence-electron chi connectivity index (χ1n) is 6.62. The molecule has 3 aromatic rings. The Labute approximate surface area is 131 Å². The normalized spacial score (nSPS) is 11.3. The molecular formula is C14H16N4OS2. The van der Waals surface area contributed by atoms with Gasteiger partial charge in [0.05, 0.1) is 13.1 Å². The fourth-order valence-electron chi connectivity index (χ4n) is 2.05. The Morgan fingerprint density at radius 2 is 1.71 bits per heavy atom. The van der Waals surface area contributed by atoms with Crippen molar-refractivity contribution in [1.29, 1.82) is 0 Å². The number of hydrogen-bond acceptors (Lipinski definition) is 7. The highest BCUT2D eigenvalue weighted by atomic mass is 32.1. The van der Waals surface area contributed by atoms with Crippen LogP contribution in [0.2, 0.25) is 0 Å². The predicted molar refractivity (Wildman–Crippen MR) is 83.8 cm³/mol. The highest BCUT2D eigenvalue weighted by Crippen LogP contribution is 2.18. The zero-order chi connectivity index (χ0) is 14.5. The van der Waals surface area contributed by atoms with Gasteiger partial charge in [0.2, 0.25) is 5.89 Å². The van der Waals surface area contributed by atoms with Crippen LogP contribution in [0.5, 0.6) is 0 Å². The molecule has 0 aliphatic heterocycles. The van der Waals surface area contributed by atoms with Crippen LogP contribution in [-0.4, -0.2) is 15.0 Å². The molecule has 0 amide bonds. The zero-order valence-electron chi connectivity index (χ0n) is 11.4. The second kappa shape index (κ2) is 6.95. The predicted octanol–water partition coefficient (Wildman–Crippen LogP) is 2.85. The Balaban J connectivity index is 1.71. The third-order valence-electron chi connectivity index (χ3n) is 2.97. The average molecular weight is 320 g/mol. The lowest BCUT2D eigenvalue weighted by Crippen LogP contribution is -2.22. The lowest BCUT2D eigenvalue weighted by atomic mass is 10.3. The van der Waals surface area contributed by atoms with E-state index in [2.05, 4.69) is 50.1 Å². The number of aromatic nitrogens is 2. The summed E-state index contributed by atoms with van der Waals surface area (Å²) in [5.41, 5.74) is 5.51. The Morgan fingerprint density at radius 3 is 2.19 bits per heavy atom. The van der Waals surface area contributed by atoms with Crippen molar-refractivity contribution in [3.63, 3.8) is 0 Å². The SMILES string of the molecule is NCc1nc(CN(Cc2cccs2)Cc2cccs2)no1. The molecule has 5 nitrogen and oxygen atoms in total. The summed E-state index contributed by atoms with van der Waals surface area (Å²) in [6, 6.07) is 8.44. The Morgan fingerprint density at radius 1 is 1.05 bits per heavy atom. The van der Waals surface area contributed by atoms with E-state index in [-0.39, 0.29) is 6.54 Å². The lowest BCUT2D eigenvalue weighted by Gasteiger charge is -2.19. The van der Waals surface area contributed by atoms with Crippen LogP contribution >= 0.6 is 22.7 Å². The molecule has 0 saturated heterocycles. The van der Waals surface area contributed by atoms with E-state index < -0.39 is 0 Å². The molecular weight excluding hydrogens is 304 g/mol. The molecule has 21 heavy (non-hydrogen) atoms. The third kappa shape index (κ3) is 3.98. The van der Waals surface area contributed by atoms with Crippen LogP contribution in [-0.2, 0) is 26.2 Å². The number of nitrogens with zero attached hydrogens (tertiary/aromatic N) is 3. The van der Waals surface area contributed by atoms with Crippen molar-refractivity contribution in [3.8, 4) is 0 Å². The summed E-state index contributed by atoms with van der Waals surface area (Å²) in [7, 11) is 0. The lowest BCUT2D eigenvalue weighted by molar-refractivity contribution is 0.241. The van der Waals surface area contributed by atoms with E-state index in [0.717, 1.165) is 13.1 Å². The summed E-state index contributed by atoms with van der Waals surface area (Å²) in [6.07, 6.45) is 0. The molecule has 3 aromatic heterocycles. The maximum Gasteiger partial charge on any atom is 0.240 e. The summed E-state index contributed by atoms with van der Waals surface area (Å²) in [5.74, 6) is 1.17. The topological polar surface area (TPSA) is 68.2 Å². The third-order valence-corrected chi connectivity index (χ3v) is 4.69. The number of hydrogen-bond donors (Lipinski definition) is 1. The molecule has 110 valence electrons. The van der Waals surface area contributed by atoms with Gasteiger partial charge in [0.25, 0.3) is 0 Å². The zero-order valence-corrected chi connectivity index (χ0v) is 13.1. The molecule has 0 saturated carbocycles. The molecule has 3 heterocycles. The molecule has 2 N–H and O–H groups in total. The van der Waals surface area contributed by atoms with Crippen LogP contribution in [0.25, 0.3) is 0 Å². The summed E-state index contributed by atoms with van der Waals surface area (Å²) < 4.78 is 5.08. The van der Waals surface area contributed by atoms with Gasteiger partial charge in [0, 0.05) is 22.8 Å². The van der Waals surface area contributed by atoms with E-state index >= 15 is 0 Å². The molecule has 0 unspecified atom stereocenters. The van der Waals surface area contributed by atoms with Crippen molar-refractivity contribution in [1.82, 2.24) is 15.0 Å². The fraction of sp³-hybridized carbons (Fsp3) is 0.286. The Bertz CT molecular complexity index is 612. The van der Waals surface area contributed by atoms with Gasteiger partial charge in [-0.25, -0.2) is 0 Å². The van der Waals surface area contributed by atoms with Gasteiger partial charge in [-0.15, -0.1) is 22.7 Å². The maximum absolute atomic E-state index is 5.51. The van der Waals surface area contributed by atoms with Gasteiger partial charge < -0.3 is 10.3 Å². The van der Waals surface area contributed by atoms with Crippen LogP contribution in [0.1, 0.15) is 21.5 Å². The molecule has 0 atom stereocenters. The highest BCUT2D eigenvalue weighted by Gasteiger charge is 2.13. The van der Waals surface area contributed by atoms with E-state index in [4.69, 9.17) is 10.3 Å². The van der Waals surface area contributed by atoms with Crippen molar-refractivity contribution in [2.75, 3.05) is 0 Å². The van der Waals surface area contributed by atoms with Crippen LogP contribution in [0.3, 0.4) is 0 Å². The number of rotatable bonds is 7. The van der Waals surface area contributed by atoms with Gasteiger partial charge in [-0.05, 0) is 22.9 Å². The minimum absolute atomic E-state index is 0.281. The van der Waals surface area contributed by atoms with Crippen molar-refractivity contribution in [2.24, 2.45) is 5.73 Å². The Kier molecular flexibility index (Phi) is 4.76. The first-order chi connectivity index (χ1) is 10.3. The van der Waals surface area contributed by atoms with Crippen LogP contribution in [0, 0.1) is 0 Å². The molecule has 0 aliphatic rings. The summed E-state index contributed by atoms with van der Waals surface area (Å²) in [6.45, 7) is 2.69. The second-order valence-electron chi connectivity index (χ2n) is 4.61. The Hall–Kier alpha value is -1.54. The van der Waals surface area contributed by atoms with Gasteiger partial charge in [-0.3, -0.25) is 4.90 Å². The monoisotopic (exact) mass is 320 g/mol. The van der Waals surface area contributed by atoms with E-state index in [1.807, 2.05) is 0 Å². The first-order valence-corrected chi connectivity index (χ1v) is 8.38. The van der Waals surface area contributed by atoms with E-state index in [0.29, 0.717) is 18.3 Å². The quantitative estimate of drug-likeness (QED) is 0.725. The fourth-order valence-corrected chi connectivity index (χ4v) is 3.54. The standard InChI is InChI=1S/C14H16N4OS2/c15-7-14-16-13(17-19-14)10-18(8-11-3-1-5-20-11)9-12-4-2-6-21-12/h1-6H,7-10,15H2. The number of nitrogens with two attached hydrogens (primary N) is 1. The van der Waals surface area contributed by atoms with Crippen molar-refractivity contribution in [3.05, 3.63) is 56.5 Å². The maximum atomic E-state index is 5.51. The van der Waals surface area contributed by atoms with Crippen molar-refractivity contribution < 1.29 is 4.52 Å². The molecule has 0 fully saturated rings. The van der Waals surface area contributed by atoms with Gasteiger partial charge in [0.1, 0.15) is 0 Å². The summed E-state index contributed by atoms with van der Waals surface area (Å²) in [5, 5.41) is 8.18. The minimum atomic E-state index is 0.281. The van der Waals surface area contributed by atoms with Crippen LogP contribution in [0.15, 0.2) is 39.5 Å².